The summed E-state index contributed by atoms with van der Waals surface area (Å²) in [7, 11) is -3.47. The molecule has 0 fully saturated rings. The summed E-state index contributed by atoms with van der Waals surface area (Å²) in [6, 6.07) is 17.6. The van der Waals surface area contributed by atoms with Crippen LogP contribution < -0.4 is 20.3 Å². The van der Waals surface area contributed by atoms with E-state index in [1.54, 1.807) is 42.5 Å². The van der Waals surface area contributed by atoms with Crippen LogP contribution >= 0.6 is 0 Å². The van der Waals surface area contributed by atoms with Gasteiger partial charge < -0.3 is 4.74 Å². The van der Waals surface area contributed by atoms with Crippen molar-refractivity contribution >= 4 is 27.3 Å². The van der Waals surface area contributed by atoms with E-state index >= 15 is 0 Å². The Morgan fingerprint density at radius 3 is 2.42 bits per heavy atom. The van der Waals surface area contributed by atoms with Gasteiger partial charge in [0.1, 0.15) is 11.4 Å². The number of unbranched alkanes of at least 4 members (excludes halogenated alkanes) is 1. The Bertz CT molecular complexity index is 1170. The molecule has 1 heterocycles. The number of rotatable bonds is 11. The van der Waals surface area contributed by atoms with Crippen LogP contribution in [0.1, 0.15) is 34.5 Å². The highest BCUT2D eigenvalue weighted by atomic mass is 32.2. The third-order valence-electron chi connectivity index (χ3n) is 4.77. The molecule has 0 aliphatic carbocycles. The molecule has 0 radical (unpaired) electrons. The van der Waals surface area contributed by atoms with Crippen molar-refractivity contribution in [2.24, 2.45) is 0 Å². The second-order valence-corrected chi connectivity index (χ2v) is 9.46. The van der Waals surface area contributed by atoms with Gasteiger partial charge in [0.15, 0.2) is 0 Å². The van der Waals surface area contributed by atoms with Gasteiger partial charge >= 0.3 is 0 Å². The number of carbonyl (C=O) groups is 1. The summed E-state index contributed by atoms with van der Waals surface area (Å²) >= 11 is 0. The van der Waals surface area contributed by atoms with Gasteiger partial charge in [0.2, 0.25) is 10.0 Å². The molecule has 3 rings (SSSR count). The summed E-state index contributed by atoms with van der Waals surface area (Å²) in [6.45, 7) is 4.48. The molecule has 0 spiro atoms. The molecule has 3 N–H and O–H groups in total. The summed E-state index contributed by atoms with van der Waals surface area (Å²) < 4.78 is 33.0. The Morgan fingerprint density at radius 1 is 0.970 bits per heavy atom. The van der Waals surface area contributed by atoms with Crippen molar-refractivity contribution in [2.75, 3.05) is 22.5 Å². The number of nitrogens with one attached hydrogen (secondary N) is 3. The fourth-order valence-corrected chi connectivity index (χ4v) is 4.26. The smallest absolute Gasteiger partial charge is 0.288 e. The van der Waals surface area contributed by atoms with Gasteiger partial charge in [0.05, 0.1) is 18.0 Å². The molecule has 0 saturated carbocycles. The van der Waals surface area contributed by atoms with Crippen molar-refractivity contribution in [1.82, 2.24) is 10.4 Å². The quantitative estimate of drug-likeness (QED) is 0.289. The molecule has 1 aromatic heterocycles. The lowest BCUT2D eigenvalue weighted by atomic mass is 10.1. The number of hydrazine groups is 1. The number of amides is 1. The average molecular weight is 469 g/mol. The number of anilines is 2. The van der Waals surface area contributed by atoms with Crippen LogP contribution in [0, 0.1) is 13.8 Å². The number of nitrogens with zero attached hydrogens (tertiary/aromatic N) is 1. The fourth-order valence-electron chi connectivity index (χ4n) is 3.08. The van der Waals surface area contributed by atoms with Crippen LogP contribution in [0.15, 0.2) is 66.9 Å². The highest BCUT2D eigenvalue weighted by Gasteiger charge is 2.11. The van der Waals surface area contributed by atoms with Crippen molar-refractivity contribution in [3.8, 4) is 5.75 Å². The maximum Gasteiger partial charge on any atom is 0.288 e. The Hall–Kier alpha value is -3.59. The Morgan fingerprint density at radius 2 is 1.73 bits per heavy atom. The van der Waals surface area contributed by atoms with Crippen LogP contribution in [0.5, 0.6) is 5.75 Å². The van der Waals surface area contributed by atoms with E-state index in [2.05, 4.69) is 26.6 Å². The van der Waals surface area contributed by atoms with E-state index in [0.29, 0.717) is 30.8 Å². The molecule has 0 bridgehead atoms. The molecule has 174 valence electrons. The lowest BCUT2D eigenvalue weighted by Gasteiger charge is -2.11. The van der Waals surface area contributed by atoms with Crippen LogP contribution in [0.25, 0.3) is 0 Å². The highest BCUT2D eigenvalue weighted by molar-refractivity contribution is 7.92. The molecule has 0 aliphatic rings. The van der Waals surface area contributed by atoms with Crippen molar-refractivity contribution in [2.45, 2.75) is 26.7 Å². The van der Waals surface area contributed by atoms with Gasteiger partial charge in [-0.1, -0.05) is 23.8 Å². The standard InChI is InChI=1S/C24H28N4O4S/c1-18-8-13-23(19(2)17-18)32-15-5-6-16-33(30,31)28-21-11-9-20(10-12-21)26-27-24(29)22-7-3-4-14-25-22/h3-4,7-14,17,26,28H,5-6,15-16H2,1-2H3,(H,27,29). The number of hydrogen-bond donors (Lipinski definition) is 3. The summed E-state index contributed by atoms with van der Waals surface area (Å²) in [5.74, 6) is 0.456. The first-order valence-corrected chi connectivity index (χ1v) is 12.3. The van der Waals surface area contributed by atoms with Crippen LogP contribution in [0.2, 0.25) is 0 Å². The predicted molar refractivity (Wildman–Crippen MR) is 130 cm³/mol. The number of ether oxygens (including phenoxy) is 1. The third kappa shape index (κ3) is 7.80. The Kier molecular flexibility index (Phi) is 8.26. The maximum absolute atomic E-state index is 12.4. The van der Waals surface area contributed by atoms with Crippen molar-refractivity contribution in [3.05, 3.63) is 83.7 Å². The first-order valence-electron chi connectivity index (χ1n) is 10.6. The normalized spacial score (nSPS) is 11.0. The van der Waals surface area contributed by atoms with Gasteiger partial charge in [-0.2, -0.15) is 0 Å². The maximum atomic E-state index is 12.4. The number of sulfonamides is 1. The van der Waals surface area contributed by atoms with E-state index in [4.69, 9.17) is 4.74 Å². The molecule has 0 saturated heterocycles. The molecular weight excluding hydrogens is 440 g/mol. The zero-order valence-corrected chi connectivity index (χ0v) is 19.5. The van der Waals surface area contributed by atoms with Gasteiger partial charge in [-0.25, -0.2) is 8.42 Å². The highest BCUT2D eigenvalue weighted by Crippen LogP contribution is 2.19. The number of aromatic nitrogens is 1. The van der Waals surface area contributed by atoms with Gasteiger partial charge in [-0.05, 0) is 74.7 Å². The number of pyridine rings is 1. The zero-order valence-electron chi connectivity index (χ0n) is 18.7. The van der Waals surface area contributed by atoms with Crippen molar-refractivity contribution < 1.29 is 17.9 Å². The molecule has 33 heavy (non-hydrogen) atoms. The summed E-state index contributed by atoms with van der Waals surface area (Å²) in [4.78, 5) is 16.0. The lowest BCUT2D eigenvalue weighted by molar-refractivity contribution is 0.0957. The van der Waals surface area contributed by atoms with Gasteiger partial charge in [-0.15, -0.1) is 0 Å². The molecule has 0 aliphatic heterocycles. The number of aryl methyl sites for hydroxylation is 2. The minimum atomic E-state index is -3.47. The van der Waals surface area contributed by atoms with E-state index < -0.39 is 10.0 Å². The minimum absolute atomic E-state index is 0.00335. The summed E-state index contributed by atoms with van der Waals surface area (Å²) in [6.07, 6.45) is 2.65. The molecule has 1 amide bonds. The number of hydrogen-bond acceptors (Lipinski definition) is 6. The molecule has 8 nitrogen and oxygen atoms in total. The van der Waals surface area contributed by atoms with Crippen molar-refractivity contribution in [1.29, 1.82) is 0 Å². The minimum Gasteiger partial charge on any atom is -0.493 e. The van der Waals surface area contributed by atoms with E-state index in [1.165, 1.54) is 11.8 Å². The predicted octanol–water partition coefficient (Wildman–Crippen LogP) is 4.06. The van der Waals surface area contributed by atoms with Crippen LogP contribution in [0.4, 0.5) is 11.4 Å². The second kappa shape index (κ2) is 11.3. The van der Waals surface area contributed by atoms with Crippen LogP contribution in [-0.2, 0) is 10.0 Å². The first-order chi connectivity index (χ1) is 15.8. The molecule has 0 unspecified atom stereocenters. The molecule has 9 heteroatoms. The second-order valence-electron chi connectivity index (χ2n) is 7.62. The fraction of sp³-hybridized carbons (Fsp3) is 0.250. The van der Waals surface area contributed by atoms with Gasteiger partial charge in [0.25, 0.3) is 5.91 Å². The zero-order chi connectivity index (χ0) is 23.7. The third-order valence-corrected chi connectivity index (χ3v) is 6.14. The Balaban J connectivity index is 1.39. The van der Waals surface area contributed by atoms with Gasteiger partial charge in [0, 0.05) is 11.9 Å². The number of carbonyl (C=O) groups excluding carboxylic acids is 1. The van der Waals surface area contributed by atoms with E-state index in [-0.39, 0.29) is 17.4 Å². The first kappa shape index (κ1) is 24.1. The molecule has 0 atom stereocenters. The van der Waals surface area contributed by atoms with E-state index in [9.17, 15) is 13.2 Å². The summed E-state index contributed by atoms with van der Waals surface area (Å²) in [5.41, 5.74) is 8.89. The van der Waals surface area contributed by atoms with Crippen LogP contribution in [-0.4, -0.2) is 31.7 Å². The SMILES string of the molecule is Cc1ccc(OCCCCS(=O)(=O)Nc2ccc(NNC(=O)c3ccccn3)cc2)c(C)c1. The summed E-state index contributed by atoms with van der Waals surface area (Å²) in [5, 5.41) is 0. The van der Waals surface area contributed by atoms with E-state index in [0.717, 1.165) is 11.3 Å². The van der Waals surface area contributed by atoms with Gasteiger partial charge in [-0.3, -0.25) is 25.4 Å². The molecule has 2 aromatic carbocycles. The van der Waals surface area contributed by atoms with Crippen molar-refractivity contribution in [3.63, 3.8) is 0 Å². The monoisotopic (exact) mass is 468 g/mol. The topological polar surface area (TPSA) is 109 Å². The van der Waals surface area contributed by atoms with Crippen LogP contribution in [0.3, 0.4) is 0 Å². The average Bonchev–Trinajstić information content (AvgIpc) is 2.80. The molecule has 3 aromatic rings. The number of benzene rings is 2. The largest absolute Gasteiger partial charge is 0.493 e. The Labute approximate surface area is 194 Å². The van der Waals surface area contributed by atoms with E-state index in [1.807, 2.05) is 26.0 Å². The molecular formula is C24H28N4O4S. The lowest BCUT2D eigenvalue weighted by Crippen LogP contribution is -2.29.